The van der Waals surface area contributed by atoms with E-state index < -0.39 is 26.0 Å². The third kappa shape index (κ3) is 4.83. The predicted molar refractivity (Wildman–Crippen MR) is 146 cm³/mol. The van der Waals surface area contributed by atoms with Crippen molar-refractivity contribution < 1.29 is 23.8 Å². The minimum atomic E-state index is -2.08. The summed E-state index contributed by atoms with van der Waals surface area (Å²) in [6, 6.07) is 17.9. The molecule has 0 aliphatic carbocycles. The van der Waals surface area contributed by atoms with Crippen LogP contribution >= 0.6 is 11.8 Å². The second-order valence-electron chi connectivity index (χ2n) is 10.4. The number of halogens is 1. The summed E-state index contributed by atoms with van der Waals surface area (Å²) >= 11 is 1.32. The van der Waals surface area contributed by atoms with Gasteiger partial charge in [0.25, 0.3) is 8.32 Å². The van der Waals surface area contributed by atoms with Crippen LogP contribution in [0.3, 0.4) is 0 Å². The Labute approximate surface area is 218 Å². The van der Waals surface area contributed by atoms with Gasteiger partial charge >= 0.3 is 0 Å². The first-order valence-electron chi connectivity index (χ1n) is 12.5. The van der Waals surface area contributed by atoms with Crippen LogP contribution in [0.2, 0.25) is 16.6 Å². The Bertz CT molecular complexity index is 1170. The molecular weight excluding hydrogens is 491 g/mol. The molecule has 0 aromatic heterocycles. The molecule has 7 heteroatoms. The molecule has 36 heavy (non-hydrogen) atoms. The lowest BCUT2D eigenvalue weighted by Gasteiger charge is -2.42. The monoisotopic (exact) mass is 526 g/mol. The number of phenolic OH excluding ortho intramolecular Hbond substituents is 2. The summed E-state index contributed by atoms with van der Waals surface area (Å²) in [6.45, 7) is 13.6. The summed E-state index contributed by atoms with van der Waals surface area (Å²) < 4.78 is 27.9. The average molecular weight is 527 g/mol. The van der Waals surface area contributed by atoms with Crippen LogP contribution in [0, 0.1) is 5.82 Å². The van der Waals surface area contributed by atoms with Gasteiger partial charge in [-0.15, -0.1) is 11.8 Å². The Balaban J connectivity index is 1.70. The van der Waals surface area contributed by atoms with Gasteiger partial charge in [-0.05, 0) is 64.1 Å². The van der Waals surface area contributed by atoms with Gasteiger partial charge in [0.2, 0.25) is 0 Å². The van der Waals surface area contributed by atoms with Crippen LogP contribution in [-0.4, -0.2) is 18.5 Å². The van der Waals surface area contributed by atoms with Crippen molar-refractivity contribution in [1.82, 2.24) is 0 Å². The fourth-order valence-electron chi connectivity index (χ4n) is 5.55. The smallest absolute Gasteiger partial charge is 0.258 e. The van der Waals surface area contributed by atoms with Gasteiger partial charge in [0.05, 0.1) is 10.1 Å². The lowest BCUT2D eigenvalue weighted by Crippen LogP contribution is -2.50. The summed E-state index contributed by atoms with van der Waals surface area (Å²) in [6.07, 6.45) is -0.396. The summed E-state index contributed by atoms with van der Waals surface area (Å²) in [4.78, 5) is 0.283. The molecule has 0 bridgehead atoms. The quantitative estimate of drug-likeness (QED) is 0.301. The molecule has 0 spiro atoms. The average Bonchev–Trinajstić information content (AvgIpc) is 2.84. The molecule has 1 heterocycles. The highest BCUT2D eigenvalue weighted by Gasteiger charge is 2.47. The molecule has 0 saturated carbocycles. The number of ether oxygens (including phenoxy) is 1. The molecule has 0 amide bonds. The van der Waals surface area contributed by atoms with Crippen LogP contribution in [0.5, 0.6) is 23.0 Å². The Morgan fingerprint density at radius 1 is 0.806 bits per heavy atom. The van der Waals surface area contributed by atoms with Gasteiger partial charge in [-0.25, -0.2) is 4.39 Å². The van der Waals surface area contributed by atoms with Crippen molar-refractivity contribution >= 4 is 20.1 Å². The molecule has 3 aromatic carbocycles. The minimum Gasteiger partial charge on any atom is -0.543 e. The molecule has 192 valence electrons. The van der Waals surface area contributed by atoms with Gasteiger partial charge in [-0.1, -0.05) is 65.8 Å². The number of hydrogen-bond acceptors (Lipinski definition) is 5. The van der Waals surface area contributed by atoms with Crippen LogP contribution in [0.1, 0.15) is 64.0 Å². The summed E-state index contributed by atoms with van der Waals surface area (Å²) in [5.74, 6) is 0.350. The number of rotatable bonds is 7. The highest BCUT2D eigenvalue weighted by atomic mass is 32.2. The largest absolute Gasteiger partial charge is 0.543 e. The first kappa shape index (κ1) is 26.4. The van der Waals surface area contributed by atoms with E-state index in [-0.39, 0.29) is 15.9 Å². The van der Waals surface area contributed by atoms with E-state index in [2.05, 4.69) is 41.5 Å². The minimum absolute atomic E-state index is 0.163. The molecule has 4 rings (SSSR count). The zero-order chi connectivity index (χ0) is 26.2. The van der Waals surface area contributed by atoms with Gasteiger partial charge in [-0.3, -0.25) is 0 Å². The first-order valence-corrected chi connectivity index (χ1v) is 15.5. The van der Waals surface area contributed by atoms with Crippen LogP contribution in [0.15, 0.2) is 65.6 Å². The normalized spacial score (nSPS) is 17.8. The highest BCUT2D eigenvalue weighted by molar-refractivity contribution is 7.99. The highest BCUT2D eigenvalue weighted by Crippen LogP contribution is 2.55. The number of benzene rings is 3. The fourth-order valence-corrected chi connectivity index (χ4v) is 12.1. The lowest BCUT2D eigenvalue weighted by molar-refractivity contribution is 0.188. The van der Waals surface area contributed by atoms with E-state index in [9.17, 15) is 14.6 Å². The lowest BCUT2D eigenvalue weighted by atomic mass is 10.00. The number of hydrogen-bond donors (Lipinski definition) is 2. The Kier molecular flexibility index (Phi) is 7.62. The van der Waals surface area contributed by atoms with Gasteiger partial charge in [-0.2, -0.15) is 0 Å². The molecule has 3 aromatic rings. The molecule has 2 N–H and O–H groups in total. The van der Waals surface area contributed by atoms with Crippen molar-refractivity contribution in [2.24, 2.45) is 0 Å². The van der Waals surface area contributed by atoms with Crippen molar-refractivity contribution in [2.45, 2.75) is 74.4 Å². The van der Waals surface area contributed by atoms with Crippen molar-refractivity contribution in [3.63, 3.8) is 0 Å². The van der Waals surface area contributed by atoms with Crippen molar-refractivity contribution in [1.29, 1.82) is 0 Å². The zero-order valence-corrected chi connectivity index (χ0v) is 23.5. The molecule has 0 radical (unpaired) electrons. The summed E-state index contributed by atoms with van der Waals surface area (Å²) in [5, 5.41) is 19.4. The van der Waals surface area contributed by atoms with Crippen LogP contribution in [0.4, 0.5) is 4.39 Å². The van der Waals surface area contributed by atoms with Gasteiger partial charge in [0.1, 0.15) is 23.4 Å². The maximum atomic E-state index is 14.8. The third-order valence-electron chi connectivity index (χ3n) is 7.25. The Morgan fingerprint density at radius 3 is 1.92 bits per heavy atom. The van der Waals surface area contributed by atoms with E-state index in [4.69, 9.17) is 9.16 Å². The van der Waals surface area contributed by atoms with E-state index in [0.717, 1.165) is 16.9 Å². The van der Waals surface area contributed by atoms with Crippen LogP contribution < -0.4 is 9.16 Å². The molecule has 2 unspecified atom stereocenters. The maximum absolute atomic E-state index is 14.8. The Hall–Kier alpha value is -2.64. The van der Waals surface area contributed by atoms with E-state index in [1.165, 1.54) is 17.8 Å². The first-order chi connectivity index (χ1) is 17.0. The molecular formula is C29H35FO4SSi. The van der Waals surface area contributed by atoms with E-state index in [0.29, 0.717) is 22.4 Å². The second kappa shape index (κ2) is 10.4. The molecule has 1 aliphatic heterocycles. The number of thioether (sulfide) groups is 1. The number of fused-ring (bicyclic) bond motifs is 1. The van der Waals surface area contributed by atoms with Crippen molar-refractivity contribution in [2.75, 3.05) is 0 Å². The standard InChI is InChI=1S/C29H35FO4SSi/c1-17(2)36(18(3)4,19(5)6)34-23-13-9-20(10-14-23)27-28(21-7-11-22(31)12-8-21)35-29-25(33-27)16-15-24(32)26(29)30/h7-19,27-28,31-32H,1-6H3. The molecule has 4 nitrogen and oxygen atoms in total. The SMILES string of the molecule is CC(C)[Si](Oc1ccc(C2Oc3ccc(O)c(F)c3SC2c2ccc(O)cc2)cc1)(C(C)C)C(C)C. The second-order valence-corrected chi connectivity index (χ2v) is 16.9. The molecule has 0 saturated heterocycles. The molecule has 0 fully saturated rings. The predicted octanol–water partition coefficient (Wildman–Crippen LogP) is 8.76. The summed E-state index contributed by atoms with van der Waals surface area (Å²) in [5.41, 5.74) is 3.24. The maximum Gasteiger partial charge on any atom is 0.258 e. The van der Waals surface area contributed by atoms with E-state index in [1.807, 2.05) is 36.4 Å². The third-order valence-corrected chi connectivity index (χ3v) is 14.6. The van der Waals surface area contributed by atoms with Crippen molar-refractivity contribution in [3.05, 3.63) is 77.6 Å². The zero-order valence-electron chi connectivity index (χ0n) is 21.7. The Morgan fingerprint density at radius 2 is 1.36 bits per heavy atom. The summed E-state index contributed by atoms with van der Waals surface area (Å²) in [7, 11) is -2.08. The fraction of sp³-hybridized carbons (Fsp3) is 0.379. The molecule has 1 aliphatic rings. The van der Waals surface area contributed by atoms with Gasteiger partial charge in [0, 0.05) is 0 Å². The van der Waals surface area contributed by atoms with Crippen molar-refractivity contribution in [3.8, 4) is 23.0 Å². The number of phenols is 2. The van der Waals surface area contributed by atoms with Gasteiger partial charge in [0.15, 0.2) is 11.6 Å². The molecule has 2 atom stereocenters. The van der Waals surface area contributed by atoms with E-state index >= 15 is 0 Å². The van der Waals surface area contributed by atoms with E-state index in [1.54, 1.807) is 18.2 Å². The van der Waals surface area contributed by atoms with Crippen LogP contribution in [-0.2, 0) is 0 Å². The number of aromatic hydroxyl groups is 2. The van der Waals surface area contributed by atoms with Gasteiger partial charge < -0.3 is 19.4 Å². The topological polar surface area (TPSA) is 58.9 Å². The van der Waals surface area contributed by atoms with Crippen LogP contribution in [0.25, 0.3) is 0 Å².